The summed E-state index contributed by atoms with van der Waals surface area (Å²) in [5.41, 5.74) is 9.46. The molecule has 124 valence electrons. The second-order valence-electron chi connectivity index (χ2n) is 5.55. The van der Waals surface area contributed by atoms with Crippen molar-refractivity contribution in [2.24, 2.45) is 11.0 Å². The van der Waals surface area contributed by atoms with E-state index < -0.39 is 27.8 Å². The minimum absolute atomic E-state index is 0.0428. The number of azide groups is 1. The van der Waals surface area contributed by atoms with Gasteiger partial charge in [0.05, 0.1) is 11.5 Å². The molecule has 1 N–H and O–H groups in total. The Balaban J connectivity index is 2.40. The van der Waals surface area contributed by atoms with Gasteiger partial charge in [-0.05, 0) is 64.6 Å². The summed E-state index contributed by atoms with van der Waals surface area (Å²) in [6, 6.07) is 6.11. The highest BCUT2D eigenvalue weighted by Crippen LogP contribution is 2.37. The molecule has 1 aliphatic rings. The second-order valence-corrected chi connectivity index (χ2v) is 9.10. The van der Waals surface area contributed by atoms with Crippen LogP contribution in [-0.2, 0) is 14.6 Å². The molecule has 7 nitrogen and oxygen atoms in total. The van der Waals surface area contributed by atoms with Crippen LogP contribution in [0.25, 0.3) is 10.4 Å². The van der Waals surface area contributed by atoms with E-state index in [-0.39, 0.29) is 17.4 Å². The van der Waals surface area contributed by atoms with Gasteiger partial charge in [-0.25, -0.2) is 8.42 Å². The highest BCUT2D eigenvalue weighted by molar-refractivity contribution is 14.1. The first-order chi connectivity index (χ1) is 10.8. The number of rotatable bonds is 5. The average Bonchev–Trinajstić information content (AvgIpc) is 2.49. The fraction of sp³-hybridized carbons (Fsp3) is 0.500. The van der Waals surface area contributed by atoms with Crippen LogP contribution in [0, 0.1) is 9.49 Å². The zero-order valence-corrected chi connectivity index (χ0v) is 15.1. The van der Waals surface area contributed by atoms with Crippen LogP contribution in [-0.4, -0.2) is 37.0 Å². The molecule has 1 aromatic rings. The number of sulfone groups is 1. The Morgan fingerprint density at radius 2 is 1.87 bits per heavy atom. The van der Waals surface area contributed by atoms with Crippen molar-refractivity contribution < 1.29 is 18.3 Å². The van der Waals surface area contributed by atoms with Crippen molar-refractivity contribution in [1.29, 1.82) is 0 Å². The lowest BCUT2D eigenvalue weighted by Crippen LogP contribution is -2.35. The first-order valence-corrected chi connectivity index (χ1v) is 9.97. The number of aliphatic carboxylic acids is 1. The van der Waals surface area contributed by atoms with Gasteiger partial charge in [-0.2, -0.15) is 0 Å². The van der Waals surface area contributed by atoms with E-state index in [1.54, 1.807) is 0 Å². The molecule has 0 radical (unpaired) electrons. The van der Waals surface area contributed by atoms with Crippen LogP contribution < -0.4 is 0 Å². The van der Waals surface area contributed by atoms with Crippen molar-refractivity contribution in [3.8, 4) is 0 Å². The maximum absolute atomic E-state index is 11.6. The van der Waals surface area contributed by atoms with Crippen LogP contribution in [0.5, 0.6) is 0 Å². The predicted octanol–water partition coefficient (Wildman–Crippen LogP) is 2.96. The van der Waals surface area contributed by atoms with E-state index in [2.05, 4.69) is 32.6 Å². The Kier molecular flexibility index (Phi) is 5.88. The number of benzene rings is 1. The van der Waals surface area contributed by atoms with Gasteiger partial charge in [-0.15, -0.1) is 0 Å². The molecule has 0 bridgehead atoms. The lowest BCUT2D eigenvalue weighted by molar-refractivity contribution is -0.139. The summed E-state index contributed by atoms with van der Waals surface area (Å²) in [5.74, 6) is -1.79. The van der Waals surface area contributed by atoms with E-state index in [0.717, 1.165) is 9.13 Å². The molecule has 9 heteroatoms. The van der Waals surface area contributed by atoms with E-state index in [1.165, 1.54) is 0 Å². The quantitative estimate of drug-likeness (QED) is 0.322. The minimum atomic E-state index is -3.05. The maximum atomic E-state index is 11.6. The number of halogens is 1. The lowest BCUT2D eigenvalue weighted by atomic mass is 9.78. The maximum Gasteiger partial charge on any atom is 0.313 e. The zero-order valence-electron chi connectivity index (χ0n) is 12.2. The van der Waals surface area contributed by atoms with Crippen molar-refractivity contribution in [3.63, 3.8) is 0 Å². The van der Waals surface area contributed by atoms with Crippen LogP contribution in [0.4, 0.5) is 0 Å². The molecular weight excluding hydrogens is 433 g/mol. The predicted molar refractivity (Wildman–Crippen MR) is 93.8 cm³/mol. The van der Waals surface area contributed by atoms with E-state index >= 15 is 0 Å². The molecule has 1 heterocycles. The van der Waals surface area contributed by atoms with Gasteiger partial charge < -0.3 is 5.11 Å². The van der Waals surface area contributed by atoms with E-state index in [0.29, 0.717) is 12.8 Å². The van der Waals surface area contributed by atoms with Crippen LogP contribution in [0.1, 0.15) is 24.3 Å². The summed E-state index contributed by atoms with van der Waals surface area (Å²) in [6.07, 6.45) is 0.757. The third-order valence-electron chi connectivity index (χ3n) is 4.13. The van der Waals surface area contributed by atoms with E-state index in [1.807, 2.05) is 24.3 Å². The normalized spacial score (nSPS) is 20.2. The summed E-state index contributed by atoms with van der Waals surface area (Å²) in [5, 5.41) is 12.9. The van der Waals surface area contributed by atoms with Crippen molar-refractivity contribution >= 4 is 38.4 Å². The van der Waals surface area contributed by atoms with Crippen LogP contribution >= 0.6 is 22.6 Å². The Morgan fingerprint density at radius 3 is 2.35 bits per heavy atom. The minimum Gasteiger partial charge on any atom is -0.481 e. The Bertz CT molecular complexity index is 713. The van der Waals surface area contributed by atoms with Gasteiger partial charge in [-0.3, -0.25) is 4.79 Å². The smallest absolute Gasteiger partial charge is 0.313 e. The number of hydrogen-bond acceptors (Lipinski definition) is 4. The van der Waals surface area contributed by atoms with E-state index in [4.69, 9.17) is 5.53 Å². The Hall–Kier alpha value is -1.32. The third kappa shape index (κ3) is 4.58. The van der Waals surface area contributed by atoms with Crippen LogP contribution in [0.15, 0.2) is 29.4 Å². The highest BCUT2D eigenvalue weighted by Gasteiger charge is 2.38. The number of carbonyl (C=O) groups is 1. The molecule has 1 aromatic carbocycles. The first-order valence-electron chi connectivity index (χ1n) is 7.07. The summed E-state index contributed by atoms with van der Waals surface area (Å²) >= 11 is 2.15. The summed E-state index contributed by atoms with van der Waals surface area (Å²) < 4.78 is 24.3. The van der Waals surface area contributed by atoms with Gasteiger partial charge >= 0.3 is 5.97 Å². The van der Waals surface area contributed by atoms with Gasteiger partial charge in [0, 0.05) is 14.4 Å². The number of hydrogen-bond donors (Lipinski definition) is 1. The van der Waals surface area contributed by atoms with Crippen molar-refractivity contribution in [2.75, 3.05) is 11.5 Å². The molecule has 0 unspecified atom stereocenters. The topological polar surface area (TPSA) is 120 Å². The number of carboxylic acids is 1. The molecule has 0 amide bonds. The number of carboxylic acid groups (broad SMARTS) is 1. The monoisotopic (exact) mass is 449 g/mol. The summed E-state index contributed by atoms with van der Waals surface area (Å²) in [4.78, 5) is 14.2. The molecular formula is C14H16IN3O4S. The molecule has 2 rings (SSSR count). The third-order valence-corrected chi connectivity index (χ3v) is 6.57. The van der Waals surface area contributed by atoms with Gasteiger partial charge in [-0.1, -0.05) is 17.2 Å². The molecule has 1 aliphatic heterocycles. The highest BCUT2D eigenvalue weighted by atomic mass is 127. The van der Waals surface area contributed by atoms with Crippen molar-refractivity contribution in [2.45, 2.75) is 24.8 Å². The van der Waals surface area contributed by atoms with E-state index in [9.17, 15) is 18.3 Å². The molecule has 0 spiro atoms. The first kappa shape index (κ1) is 18.0. The molecule has 0 saturated carbocycles. The van der Waals surface area contributed by atoms with Gasteiger partial charge in [0.25, 0.3) is 0 Å². The summed E-state index contributed by atoms with van der Waals surface area (Å²) in [7, 11) is -3.05. The molecule has 1 fully saturated rings. The molecule has 23 heavy (non-hydrogen) atoms. The molecule has 0 aliphatic carbocycles. The largest absolute Gasteiger partial charge is 0.481 e. The second kappa shape index (κ2) is 7.50. The average molecular weight is 449 g/mol. The Labute approximate surface area is 147 Å². The standard InChI is InChI=1S/C14H16IN3O4S/c15-11-3-1-9(2-4-11)12(13(14(19)20)17-18-16)10-5-7-23(21,22)8-6-10/h1-4,10,12-13H,5-8H2,(H,19,20)/t12-,13-/m0/s1. The summed E-state index contributed by atoms with van der Waals surface area (Å²) in [6.45, 7) is 0. The molecule has 2 atom stereocenters. The Morgan fingerprint density at radius 1 is 1.30 bits per heavy atom. The fourth-order valence-electron chi connectivity index (χ4n) is 3.00. The van der Waals surface area contributed by atoms with Gasteiger partial charge in [0.1, 0.15) is 15.9 Å². The fourth-order valence-corrected chi connectivity index (χ4v) is 4.88. The van der Waals surface area contributed by atoms with Crippen molar-refractivity contribution in [1.82, 2.24) is 0 Å². The zero-order chi connectivity index (χ0) is 17.0. The molecule has 0 aromatic heterocycles. The van der Waals surface area contributed by atoms with Crippen molar-refractivity contribution in [3.05, 3.63) is 43.8 Å². The van der Waals surface area contributed by atoms with Crippen LogP contribution in [0.2, 0.25) is 0 Å². The lowest BCUT2D eigenvalue weighted by Gasteiger charge is -2.32. The van der Waals surface area contributed by atoms with Gasteiger partial charge in [0.2, 0.25) is 0 Å². The van der Waals surface area contributed by atoms with Crippen LogP contribution in [0.3, 0.4) is 0 Å². The molecule has 1 saturated heterocycles. The van der Waals surface area contributed by atoms with Gasteiger partial charge in [0.15, 0.2) is 0 Å². The SMILES string of the molecule is [N-]=[N+]=N[C@H](C(=O)O)[C@@H](c1ccc(I)cc1)C1CCS(=O)(=O)CC1. The number of nitrogens with zero attached hydrogens (tertiary/aromatic N) is 3.